The van der Waals surface area contributed by atoms with E-state index in [1.54, 1.807) is 18.2 Å². The van der Waals surface area contributed by atoms with Crippen LogP contribution in [0.25, 0.3) is 0 Å². The molecule has 8 heteroatoms. The van der Waals surface area contributed by atoms with Crippen LogP contribution in [0.15, 0.2) is 18.2 Å². The molecule has 0 amide bonds. The van der Waals surface area contributed by atoms with E-state index in [0.717, 1.165) is 0 Å². The van der Waals surface area contributed by atoms with Crippen molar-refractivity contribution in [3.63, 3.8) is 0 Å². The lowest BCUT2D eigenvalue weighted by Crippen LogP contribution is -2.19. The zero-order valence-corrected chi connectivity index (χ0v) is 11.9. The molecular formula is C10H14ClN3O2S2. The van der Waals surface area contributed by atoms with Crippen molar-refractivity contribution in [3.8, 4) is 0 Å². The summed E-state index contributed by atoms with van der Waals surface area (Å²) in [5.74, 6) is -0.0804. The number of sulfonamides is 1. The van der Waals surface area contributed by atoms with Crippen molar-refractivity contribution in [1.82, 2.24) is 0 Å². The molecule has 5 nitrogen and oxygen atoms in total. The average molecular weight is 308 g/mol. The number of benzene rings is 1. The molecule has 1 aromatic carbocycles. The summed E-state index contributed by atoms with van der Waals surface area (Å²) >= 11 is 10.9. The summed E-state index contributed by atoms with van der Waals surface area (Å²) in [6, 6.07) is 5.22. The number of primary sulfonamides is 1. The van der Waals surface area contributed by atoms with Crippen LogP contribution in [0, 0.1) is 0 Å². The minimum atomic E-state index is -3.43. The third-order valence-electron chi connectivity index (χ3n) is 2.18. The van der Waals surface area contributed by atoms with Gasteiger partial charge in [-0.1, -0.05) is 29.9 Å². The quantitative estimate of drug-likeness (QED) is 0.539. The van der Waals surface area contributed by atoms with Crippen molar-refractivity contribution in [2.75, 3.05) is 17.6 Å². The van der Waals surface area contributed by atoms with Crippen LogP contribution in [-0.4, -0.2) is 25.7 Å². The minimum Gasteiger partial charge on any atom is -0.389 e. The van der Waals surface area contributed by atoms with Crippen LogP contribution < -0.4 is 16.2 Å². The molecule has 0 aliphatic carbocycles. The Balaban J connectivity index is 2.68. The van der Waals surface area contributed by atoms with E-state index in [1.165, 1.54) is 0 Å². The molecule has 5 N–H and O–H groups in total. The Kier molecular flexibility index (Phi) is 5.33. The highest BCUT2D eigenvalue weighted by Gasteiger charge is 2.09. The topological polar surface area (TPSA) is 98.2 Å². The van der Waals surface area contributed by atoms with Gasteiger partial charge in [0, 0.05) is 12.2 Å². The number of hydrogen-bond donors (Lipinski definition) is 3. The van der Waals surface area contributed by atoms with Crippen molar-refractivity contribution in [2.45, 2.75) is 6.42 Å². The highest BCUT2D eigenvalue weighted by atomic mass is 35.5. The molecule has 0 aliphatic heterocycles. The van der Waals surface area contributed by atoms with Crippen molar-refractivity contribution in [1.29, 1.82) is 0 Å². The Labute approximate surface area is 117 Å². The van der Waals surface area contributed by atoms with E-state index < -0.39 is 10.0 Å². The highest BCUT2D eigenvalue weighted by Crippen LogP contribution is 2.24. The lowest BCUT2D eigenvalue weighted by Gasteiger charge is -2.12. The van der Waals surface area contributed by atoms with Gasteiger partial charge >= 0.3 is 0 Å². The summed E-state index contributed by atoms with van der Waals surface area (Å²) in [5.41, 5.74) is 6.82. The molecule has 1 aromatic rings. The van der Waals surface area contributed by atoms with E-state index in [2.05, 4.69) is 5.32 Å². The summed E-state index contributed by atoms with van der Waals surface area (Å²) in [6.07, 6.45) is 0.391. The number of nitrogens with two attached hydrogens (primary N) is 2. The highest BCUT2D eigenvalue weighted by molar-refractivity contribution is 7.89. The van der Waals surface area contributed by atoms with Crippen LogP contribution >= 0.6 is 23.8 Å². The van der Waals surface area contributed by atoms with Gasteiger partial charge in [0.05, 0.1) is 16.3 Å². The van der Waals surface area contributed by atoms with Crippen molar-refractivity contribution in [2.24, 2.45) is 10.9 Å². The van der Waals surface area contributed by atoms with E-state index >= 15 is 0 Å². The molecule has 0 saturated heterocycles. The standard InChI is InChI=1S/C10H14ClN3O2S2/c11-7-3-1-4-8(9(7)10(12)17)14-5-2-6-18(13,15)16/h1,3-4,14H,2,5-6H2,(H2,12,17)(H2,13,15,16). The number of thiocarbonyl (C=S) groups is 1. The third-order valence-corrected chi connectivity index (χ3v) is 3.56. The predicted octanol–water partition coefficient (Wildman–Crippen LogP) is 1.06. The first-order valence-electron chi connectivity index (χ1n) is 5.14. The van der Waals surface area contributed by atoms with Crippen molar-refractivity contribution in [3.05, 3.63) is 28.8 Å². The Hall–Kier alpha value is -0.890. The van der Waals surface area contributed by atoms with E-state index in [9.17, 15) is 8.42 Å². The van der Waals surface area contributed by atoms with E-state index in [-0.39, 0.29) is 10.7 Å². The molecule has 0 unspecified atom stereocenters. The Morgan fingerprint density at radius 1 is 1.44 bits per heavy atom. The number of rotatable bonds is 6. The zero-order valence-electron chi connectivity index (χ0n) is 9.52. The van der Waals surface area contributed by atoms with Gasteiger partial charge in [-0.3, -0.25) is 0 Å². The number of hydrogen-bond acceptors (Lipinski definition) is 4. The van der Waals surface area contributed by atoms with Gasteiger partial charge in [0.1, 0.15) is 4.99 Å². The summed E-state index contributed by atoms with van der Waals surface area (Å²) in [5, 5.41) is 8.39. The zero-order chi connectivity index (χ0) is 13.8. The van der Waals surface area contributed by atoms with Gasteiger partial charge in [-0.15, -0.1) is 0 Å². The Morgan fingerprint density at radius 2 is 2.11 bits per heavy atom. The molecule has 0 spiro atoms. The average Bonchev–Trinajstić information content (AvgIpc) is 2.22. The van der Waals surface area contributed by atoms with Gasteiger partial charge in [-0.25, -0.2) is 13.6 Å². The Bertz CT molecular complexity index is 546. The number of halogens is 1. The van der Waals surface area contributed by atoms with Crippen molar-refractivity contribution < 1.29 is 8.42 Å². The molecular weight excluding hydrogens is 294 g/mol. The van der Waals surface area contributed by atoms with Crippen LogP contribution in [0.1, 0.15) is 12.0 Å². The smallest absolute Gasteiger partial charge is 0.209 e. The van der Waals surface area contributed by atoms with Crippen LogP contribution in [-0.2, 0) is 10.0 Å². The fraction of sp³-hybridized carbons (Fsp3) is 0.300. The fourth-order valence-electron chi connectivity index (χ4n) is 1.42. The second-order valence-corrected chi connectivity index (χ2v) is 6.25. The van der Waals surface area contributed by atoms with Gasteiger partial charge in [0.2, 0.25) is 10.0 Å². The van der Waals surface area contributed by atoms with E-state index in [1.807, 2.05) is 0 Å². The van der Waals surface area contributed by atoms with Crippen LogP contribution in [0.5, 0.6) is 0 Å². The van der Waals surface area contributed by atoms with Crippen LogP contribution in [0.2, 0.25) is 5.02 Å². The molecule has 0 fully saturated rings. The second-order valence-electron chi connectivity index (χ2n) is 3.67. The molecule has 0 aromatic heterocycles. The first kappa shape index (κ1) is 15.2. The normalized spacial score (nSPS) is 11.2. The molecule has 100 valence electrons. The summed E-state index contributed by atoms with van der Waals surface area (Å²) in [4.78, 5) is 0.189. The van der Waals surface area contributed by atoms with Gasteiger partial charge < -0.3 is 11.1 Å². The van der Waals surface area contributed by atoms with E-state index in [0.29, 0.717) is 29.2 Å². The fourth-order valence-corrected chi connectivity index (χ4v) is 2.52. The maximum atomic E-state index is 10.8. The van der Waals surface area contributed by atoms with Gasteiger partial charge in [-0.05, 0) is 18.6 Å². The number of anilines is 1. The van der Waals surface area contributed by atoms with Crippen LogP contribution in [0.3, 0.4) is 0 Å². The van der Waals surface area contributed by atoms with Gasteiger partial charge in [-0.2, -0.15) is 0 Å². The predicted molar refractivity (Wildman–Crippen MR) is 78.4 cm³/mol. The van der Waals surface area contributed by atoms with E-state index in [4.69, 9.17) is 34.7 Å². The Morgan fingerprint density at radius 3 is 2.67 bits per heavy atom. The third kappa shape index (κ3) is 4.77. The second kappa shape index (κ2) is 6.33. The molecule has 0 atom stereocenters. The minimum absolute atomic E-state index is 0.0804. The SMILES string of the molecule is NC(=S)c1c(Cl)cccc1NCCCS(N)(=O)=O. The molecule has 0 heterocycles. The molecule has 1 rings (SSSR count). The molecule has 0 aliphatic rings. The largest absolute Gasteiger partial charge is 0.389 e. The van der Waals surface area contributed by atoms with Crippen molar-refractivity contribution >= 4 is 44.5 Å². The first-order valence-corrected chi connectivity index (χ1v) is 7.64. The number of nitrogens with one attached hydrogen (secondary N) is 1. The molecule has 0 bridgehead atoms. The monoisotopic (exact) mass is 307 g/mol. The molecule has 18 heavy (non-hydrogen) atoms. The molecule has 0 saturated carbocycles. The maximum Gasteiger partial charge on any atom is 0.209 e. The summed E-state index contributed by atoms with van der Waals surface area (Å²) in [7, 11) is -3.43. The van der Waals surface area contributed by atoms with Gasteiger partial charge in [0.25, 0.3) is 0 Å². The summed E-state index contributed by atoms with van der Waals surface area (Å²) < 4.78 is 21.5. The lowest BCUT2D eigenvalue weighted by molar-refractivity contribution is 0.596. The van der Waals surface area contributed by atoms with Gasteiger partial charge in [0.15, 0.2) is 0 Å². The lowest BCUT2D eigenvalue weighted by atomic mass is 10.1. The first-order chi connectivity index (χ1) is 8.31. The molecule has 0 radical (unpaired) electrons. The summed E-state index contributed by atoms with van der Waals surface area (Å²) in [6.45, 7) is 0.437. The maximum absolute atomic E-state index is 10.8. The van der Waals surface area contributed by atoms with Crippen LogP contribution in [0.4, 0.5) is 5.69 Å².